The fourth-order valence-electron chi connectivity index (χ4n) is 4.06. The quantitative estimate of drug-likeness (QED) is 0.664. The van der Waals surface area contributed by atoms with E-state index in [1.54, 1.807) is 4.90 Å². The maximum absolute atomic E-state index is 13.2. The average molecular weight is 388 g/mol. The molecule has 1 aliphatic heterocycles. The van der Waals surface area contributed by atoms with Gasteiger partial charge in [-0.3, -0.25) is 9.78 Å². The molecule has 0 fully saturated rings. The number of aryl methyl sites for hydroxylation is 3. The molecule has 5 nitrogen and oxygen atoms in total. The third-order valence-corrected chi connectivity index (χ3v) is 5.53. The van der Waals surface area contributed by atoms with E-state index in [2.05, 4.69) is 24.0 Å². The van der Waals surface area contributed by atoms with Crippen molar-refractivity contribution in [2.75, 3.05) is 4.90 Å². The fraction of sp³-hybridized carbons (Fsp3) is 0.250. The van der Waals surface area contributed by atoms with Crippen molar-refractivity contribution >= 4 is 11.6 Å². The number of carbonyl (C=O) groups excluding carboxylic acids is 1. The van der Waals surface area contributed by atoms with E-state index in [-0.39, 0.29) is 29.0 Å². The second kappa shape index (κ2) is 7.24. The third kappa shape index (κ3) is 3.44. The zero-order valence-corrected chi connectivity index (χ0v) is 16.8. The molecule has 1 aliphatic rings. The number of amides is 1. The molecular formula is C24H24N2O3. The van der Waals surface area contributed by atoms with Gasteiger partial charge in [0.25, 0.3) is 5.91 Å². The van der Waals surface area contributed by atoms with Gasteiger partial charge in [0.15, 0.2) is 0 Å². The molecule has 0 saturated carbocycles. The van der Waals surface area contributed by atoms with Gasteiger partial charge in [0.05, 0.1) is 11.3 Å². The van der Waals surface area contributed by atoms with Gasteiger partial charge in [-0.2, -0.15) is 0 Å². The van der Waals surface area contributed by atoms with Crippen LogP contribution in [-0.4, -0.2) is 27.1 Å². The Morgan fingerprint density at radius 3 is 2.62 bits per heavy atom. The van der Waals surface area contributed by atoms with Gasteiger partial charge >= 0.3 is 0 Å². The lowest BCUT2D eigenvalue weighted by Crippen LogP contribution is -2.42. The molecule has 0 spiro atoms. The number of anilines is 1. The Balaban J connectivity index is 1.75. The molecule has 2 aromatic carbocycles. The number of phenols is 2. The van der Waals surface area contributed by atoms with Gasteiger partial charge in [-0.15, -0.1) is 0 Å². The van der Waals surface area contributed by atoms with Crippen LogP contribution >= 0.6 is 0 Å². The van der Waals surface area contributed by atoms with E-state index >= 15 is 0 Å². The van der Waals surface area contributed by atoms with Gasteiger partial charge in [-0.1, -0.05) is 12.1 Å². The number of nitrogens with zero attached hydrogens (tertiary/aromatic N) is 2. The lowest BCUT2D eigenvalue weighted by Gasteiger charge is -2.35. The van der Waals surface area contributed by atoms with E-state index in [0.717, 1.165) is 46.5 Å². The molecule has 0 saturated heterocycles. The first kappa shape index (κ1) is 19.0. The van der Waals surface area contributed by atoms with E-state index < -0.39 is 0 Å². The van der Waals surface area contributed by atoms with Crippen LogP contribution in [-0.2, 0) is 6.42 Å². The summed E-state index contributed by atoms with van der Waals surface area (Å²) in [6.45, 7) is 6.10. The van der Waals surface area contributed by atoms with Gasteiger partial charge in [-0.25, -0.2) is 0 Å². The monoisotopic (exact) mass is 388 g/mol. The Morgan fingerprint density at radius 2 is 1.90 bits per heavy atom. The first-order chi connectivity index (χ1) is 13.8. The smallest absolute Gasteiger partial charge is 0.262 e. The summed E-state index contributed by atoms with van der Waals surface area (Å²) in [6.07, 6.45) is 3.58. The van der Waals surface area contributed by atoms with Crippen LogP contribution in [0, 0.1) is 13.8 Å². The fourth-order valence-corrected chi connectivity index (χ4v) is 4.06. The highest BCUT2D eigenvalue weighted by Gasteiger charge is 2.30. The maximum atomic E-state index is 13.2. The lowest BCUT2D eigenvalue weighted by molar-refractivity contribution is 0.0972. The molecule has 1 amide bonds. The minimum absolute atomic E-state index is 0.00768. The van der Waals surface area contributed by atoms with Gasteiger partial charge < -0.3 is 15.1 Å². The SMILES string of the molecule is Cc1cnc(-c2ccc3c(c2)CC[C@H](C)N3C(=O)c2ccc(O)cc2O)c(C)c1. The van der Waals surface area contributed by atoms with Crippen LogP contribution in [0.2, 0.25) is 0 Å². The molecule has 0 aliphatic carbocycles. The standard InChI is InChI=1S/C24H24N2O3/c1-14-10-15(2)23(25-13-14)18-6-9-21-17(11-18)5-4-16(3)26(21)24(29)20-8-7-19(27)12-22(20)28/h6-13,16,27-28H,4-5H2,1-3H3/t16-/m0/s1. The van der Waals surface area contributed by atoms with Crippen molar-refractivity contribution in [1.82, 2.24) is 4.98 Å². The van der Waals surface area contributed by atoms with Gasteiger partial charge in [0, 0.05) is 29.6 Å². The van der Waals surface area contributed by atoms with E-state index in [0.29, 0.717) is 0 Å². The molecule has 1 aromatic heterocycles. The summed E-state index contributed by atoms with van der Waals surface area (Å²) in [4.78, 5) is 19.6. The number of fused-ring (bicyclic) bond motifs is 1. The highest BCUT2D eigenvalue weighted by Crippen LogP contribution is 2.36. The number of aromatic hydroxyl groups is 2. The highest BCUT2D eigenvalue weighted by atomic mass is 16.3. The summed E-state index contributed by atoms with van der Waals surface area (Å²) in [5.74, 6) is -0.560. The van der Waals surface area contributed by atoms with E-state index in [1.165, 1.54) is 18.2 Å². The van der Waals surface area contributed by atoms with Crippen molar-refractivity contribution in [1.29, 1.82) is 0 Å². The number of carbonyl (C=O) groups is 1. The number of hydrogen-bond donors (Lipinski definition) is 2. The predicted molar refractivity (Wildman–Crippen MR) is 114 cm³/mol. The van der Waals surface area contributed by atoms with Crippen LogP contribution in [0.4, 0.5) is 5.69 Å². The summed E-state index contributed by atoms with van der Waals surface area (Å²) >= 11 is 0. The van der Waals surface area contributed by atoms with E-state index in [1.807, 2.05) is 32.2 Å². The number of aromatic nitrogens is 1. The topological polar surface area (TPSA) is 73.7 Å². The molecule has 148 valence electrons. The number of pyridine rings is 1. The molecule has 2 heterocycles. The molecule has 29 heavy (non-hydrogen) atoms. The largest absolute Gasteiger partial charge is 0.508 e. The van der Waals surface area contributed by atoms with Crippen molar-refractivity contribution in [3.05, 3.63) is 70.9 Å². The minimum atomic E-state index is -0.270. The second-order valence-electron chi connectivity index (χ2n) is 7.79. The summed E-state index contributed by atoms with van der Waals surface area (Å²) in [5.41, 5.74) is 6.37. The first-order valence-corrected chi connectivity index (χ1v) is 9.77. The van der Waals surface area contributed by atoms with Crippen molar-refractivity contribution < 1.29 is 15.0 Å². The van der Waals surface area contributed by atoms with E-state index in [4.69, 9.17) is 0 Å². The Kier molecular flexibility index (Phi) is 4.74. The van der Waals surface area contributed by atoms with Gasteiger partial charge in [0.1, 0.15) is 11.5 Å². The predicted octanol–water partition coefficient (Wildman–Crippen LogP) is 4.76. The summed E-state index contributed by atoms with van der Waals surface area (Å²) in [6, 6.07) is 12.3. The third-order valence-electron chi connectivity index (χ3n) is 5.53. The Labute approximate surface area is 170 Å². The zero-order chi connectivity index (χ0) is 20.7. The summed E-state index contributed by atoms with van der Waals surface area (Å²) < 4.78 is 0. The summed E-state index contributed by atoms with van der Waals surface area (Å²) in [5, 5.41) is 19.7. The Hall–Kier alpha value is -3.34. The van der Waals surface area contributed by atoms with Crippen molar-refractivity contribution in [3.63, 3.8) is 0 Å². The Bertz CT molecular complexity index is 1110. The number of benzene rings is 2. The van der Waals surface area contributed by atoms with Crippen LogP contribution in [0.3, 0.4) is 0 Å². The minimum Gasteiger partial charge on any atom is -0.508 e. The van der Waals surface area contributed by atoms with Gasteiger partial charge in [-0.05, 0) is 74.6 Å². The van der Waals surface area contributed by atoms with Crippen LogP contribution in [0.25, 0.3) is 11.3 Å². The zero-order valence-electron chi connectivity index (χ0n) is 16.8. The molecule has 0 radical (unpaired) electrons. The lowest BCUT2D eigenvalue weighted by atomic mass is 9.92. The highest BCUT2D eigenvalue weighted by molar-refractivity contribution is 6.09. The second-order valence-corrected chi connectivity index (χ2v) is 7.79. The molecule has 0 unspecified atom stereocenters. The van der Waals surface area contributed by atoms with Crippen LogP contribution in [0.1, 0.15) is 40.4 Å². The normalized spacial score (nSPS) is 15.8. The molecule has 2 N–H and O–H groups in total. The number of phenolic OH excluding ortho intramolecular Hbond substituents is 2. The van der Waals surface area contributed by atoms with Crippen LogP contribution in [0.5, 0.6) is 11.5 Å². The average Bonchev–Trinajstić information content (AvgIpc) is 2.67. The van der Waals surface area contributed by atoms with Crippen molar-refractivity contribution in [2.45, 2.75) is 39.7 Å². The van der Waals surface area contributed by atoms with Gasteiger partial charge in [0.2, 0.25) is 0 Å². The molecule has 1 atom stereocenters. The van der Waals surface area contributed by atoms with Crippen molar-refractivity contribution in [2.24, 2.45) is 0 Å². The molecule has 5 heteroatoms. The molecule has 0 bridgehead atoms. The first-order valence-electron chi connectivity index (χ1n) is 9.77. The van der Waals surface area contributed by atoms with E-state index in [9.17, 15) is 15.0 Å². The Morgan fingerprint density at radius 1 is 1.10 bits per heavy atom. The van der Waals surface area contributed by atoms with Crippen molar-refractivity contribution in [3.8, 4) is 22.8 Å². The molecule has 3 aromatic rings. The molecule has 4 rings (SSSR count). The van der Waals surface area contributed by atoms with Crippen LogP contribution < -0.4 is 4.90 Å². The molecular weight excluding hydrogens is 364 g/mol. The van der Waals surface area contributed by atoms with Crippen LogP contribution in [0.15, 0.2) is 48.7 Å². The number of rotatable bonds is 2. The number of hydrogen-bond acceptors (Lipinski definition) is 4. The maximum Gasteiger partial charge on any atom is 0.262 e. The summed E-state index contributed by atoms with van der Waals surface area (Å²) in [7, 11) is 0.